The Morgan fingerprint density at radius 3 is 2.79 bits per heavy atom. The van der Waals surface area contributed by atoms with Crippen LogP contribution in [0.5, 0.6) is 5.75 Å². The minimum atomic E-state index is 0.625. The molecular formula is C16H25NO2. The number of hydrogen-bond acceptors (Lipinski definition) is 3. The van der Waals surface area contributed by atoms with E-state index in [0.29, 0.717) is 13.2 Å². The van der Waals surface area contributed by atoms with Gasteiger partial charge in [0.1, 0.15) is 12.4 Å². The number of para-hydroxylation sites is 1. The summed E-state index contributed by atoms with van der Waals surface area (Å²) in [5.74, 6) is 1.76. The van der Waals surface area contributed by atoms with Gasteiger partial charge in [-0.3, -0.25) is 0 Å². The Labute approximate surface area is 116 Å². The molecule has 1 aromatic carbocycles. The maximum atomic E-state index is 5.63. The first-order chi connectivity index (χ1) is 9.34. The summed E-state index contributed by atoms with van der Waals surface area (Å²) in [6.45, 7) is 7.94. The van der Waals surface area contributed by atoms with Gasteiger partial charge in [-0.1, -0.05) is 25.1 Å². The first kappa shape index (κ1) is 14.4. The molecule has 0 aromatic heterocycles. The van der Waals surface area contributed by atoms with Crippen LogP contribution in [0.3, 0.4) is 0 Å². The van der Waals surface area contributed by atoms with E-state index in [1.165, 1.54) is 25.9 Å². The van der Waals surface area contributed by atoms with Gasteiger partial charge in [-0.2, -0.15) is 0 Å². The number of rotatable bonds is 7. The molecule has 0 bridgehead atoms. The van der Waals surface area contributed by atoms with Gasteiger partial charge in [0.15, 0.2) is 0 Å². The van der Waals surface area contributed by atoms with Crippen LogP contribution >= 0.6 is 0 Å². The van der Waals surface area contributed by atoms with Crippen molar-refractivity contribution in [2.75, 3.05) is 39.5 Å². The first-order valence-electron chi connectivity index (χ1n) is 7.32. The number of hydrogen-bond donors (Lipinski definition) is 0. The second-order valence-corrected chi connectivity index (χ2v) is 5.32. The van der Waals surface area contributed by atoms with E-state index in [0.717, 1.165) is 24.8 Å². The lowest BCUT2D eigenvalue weighted by Gasteiger charge is -2.30. The molecule has 106 valence electrons. The fourth-order valence-electron chi connectivity index (χ4n) is 2.52. The van der Waals surface area contributed by atoms with Gasteiger partial charge in [0.05, 0.1) is 13.2 Å². The summed E-state index contributed by atoms with van der Waals surface area (Å²) in [6, 6.07) is 9.88. The molecule has 1 atom stereocenters. The van der Waals surface area contributed by atoms with E-state index in [9.17, 15) is 0 Å². The van der Waals surface area contributed by atoms with E-state index in [-0.39, 0.29) is 0 Å². The fourth-order valence-corrected chi connectivity index (χ4v) is 2.52. The molecular weight excluding hydrogens is 238 g/mol. The second-order valence-electron chi connectivity index (χ2n) is 5.32. The van der Waals surface area contributed by atoms with Crippen LogP contribution in [0.25, 0.3) is 0 Å². The molecule has 19 heavy (non-hydrogen) atoms. The lowest BCUT2D eigenvalue weighted by molar-refractivity contribution is 0.0689. The highest BCUT2D eigenvalue weighted by Crippen LogP contribution is 2.14. The Bertz CT molecular complexity index is 342. The average molecular weight is 263 g/mol. The SMILES string of the molecule is CC1CCCN(CCOCCOc2ccccc2)C1. The summed E-state index contributed by atoms with van der Waals surface area (Å²) in [4.78, 5) is 2.51. The zero-order valence-electron chi connectivity index (χ0n) is 11.9. The second kappa shape index (κ2) is 8.18. The van der Waals surface area contributed by atoms with Crippen molar-refractivity contribution in [1.29, 1.82) is 0 Å². The minimum Gasteiger partial charge on any atom is -0.491 e. The van der Waals surface area contributed by atoms with E-state index < -0.39 is 0 Å². The number of ether oxygens (including phenoxy) is 2. The molecule has 1 heterocycles. The Kier molecular flexibility index (Phi) is 6.18. The molecule has 0 spiro atoms. The molecule has 2 rings (SSSR count). The molecule has 0 amide bonds. The predicted octanol–water partition coefficient (Wildman–Crippen LogP) is 2.81. The monoisotopic (exact) mass is 263 g/mol. The number of piperidine rings is 1. The van der Waals surface area contributed by atoms with Gasteiger partial charge in [-0.05, 0) is 37.4 Å². The van der Waals surface area contributed by atoms with Crippen molar-refractivity contribution in [2.24, 2.45) is 5.92 Å². The van der Waals surface area contributed by atoms with Gasteiger partial charge >= 0.3 is 0 Å². The molecule has 1 aliphatic heterocycles. The van der Waals surface area contributed by atoms with Crippen LogP contribution in [0, 0.1) is 5.92 Å². The zero-order chi connectivity index (χ0) is 13.3. The van der Waals surface area contributed by atoms with Crippen molar-refractivity contribution in [1.82, 2.24) is 4.90 Å². The highest BCUT2D eigenvalue weighted by atomic mass is 16.5. The van der Waals surface area contributed by atoms with Crippen LogP contribution in [0.2, 0.25) is 0 Å². The maximum Gasteiger partial charge on any atom is 0.119 e. The van der Waals surface area contributed by atoms with Gasteiger partial charge in [-0.15, -0.1) is 0 Å². The van der Waals surface area contributed by atoms with Crippen LogP contribution in [0.4, 0.5) is 0 Å². The average Bonchev–Trinajstić information content (AvgIpc) is 2.44. The van der Waals surface area contributed by atoms with Gasteiger partial charge < -0.3 is 14.4 Å². The lowest BCUT2D eigenvalue weighted by atomic mass is 10.0. The minimum absolute atomic E-state index is 0.625. The largest absolute Gasteiger partial charge is 0.491 e. The van der Waals surface area contributed by atoms with E-state index >= 15 is 0 Å². The summed E-state index contributed by atoms with van der Waals surface area (Å²) >= 11 is 0. The molecule has 1 aromatic rings. The summed E-state index contributed by atoms with van der Waals surface area (Å²) < 4.78 is 11.2. The molecule has 3 heteroatoms. The highest BCUT2D eigenvalue weighted by molar-refractivity contribution is 5.20. The molecule has 0 radical (unpaired) electrons. The third-order valence-electron chi connectivity index (χ3n) is 3.53. The van der Waals surface area contributed by atoms with Crippen LogP contribution in [0.1, 0.15) is 19.8 Å². The van der Waals surface area contributed by atoms with Crippen LogP contribution in [-0.4, -0.2) is 44.4 Å². The van der Waals surface area contributed by atoms with E-state index in [1.807, 2.05) is 30.3 Å². The Morgan fingerprint density at radius 2 is 2.00 bits per heavy atom. The first-order valence-corrected chi connectivity index (χ1v) is 7.32. The number of nitrogens with zero attached hydrogens (tertiary/aromatic N) is 1. The Hall–Kier alpha value is -1.06. The quantitative estimate of drug-likeness (QED) is 0.706. The van der Waals surface area contributed by atoms with Crippen LogP contribution in [0.15, 0.2) is 30.3 Å². The number of benzene rings is 1. The number of likely N-dealkylation sites (tertiary alicyclic amines) is 1. The lowest BCUT2D eigenvalue weighted by Crippen LogP contribution is -2.36. The van der Waals surface area contributed by atoms with Crippen LogP contribution < -0.4 is 4.74 Å². The van der Waals surface area contributed by atoms with Crippen molar-refractivity contribution in [3.05, 3.63) is 30.3 Å². The van der Waals surface area contributed by atoms with Gasteiger partial charge in [0.2, 0.25) is 0 Å². The molecule has 1 fully saturated rings. The summed E-state index contributed by atoms with van der Waals surface area (Å²) in [7, 11) is 0. The molecule has 1 aliphatic rings. The summed E-state index contributed by atoms with van der Waals surface area (Å²) in [6.07, 6.45) is 2.71. The van der Waals surface area contributed by atoms with E-state index in [1.54, 1.807) is 0 Å². The highest BCUT2D eigenvalue weighted by Gasteiger charge is 2.15. The molecule has 0 saturated carbocycles. The Morgan fingerprint density at radius 1 is 1.16 bits per heavy atom. The van der Waals surface area contributed by atoms with Gasteiger partial charge in [-0.25, -0.2) is 0 Å². The van der Waals surface area contributed by atoms with Crippen molar-refractivity contribution >= 4 is 0 Å². The molecule has 0 N–H and O–H groups in total. The van der Waals surface area contributed by atoms with Crippen molar-refractivity contribution in [3.63, 3.8) is 0 Å². The third kappa shape index (κ3) is 5.62. The molecule has 0 aliphatic carbocycles. The normalized spacial score (nSPS) is 20.4. The van der Waals surface area contributed by atoms with Crippen LogP contribution in [-0.2, 0) is 4.74 Å². The predicted molar refractivity (Wildman–Crippen MR) is 77.6 cm³/mol. The van der Waals surface area contributed by atoms with Crippen molar-refractivity contribution in [2.45, 2.75) is 19.8 Å². The maximum absolute atomic E-state index is 5.63. The van der Waals surface area contributed by atoms with Crippen molar-refractivity contribution in [3.8, 4) is 5.75 Å². The fraction of sp³-hybridized carbons (Fsp3) is 0.625. The third-order valence-corrected chi connectivity index (χ3v) is 3.53. The topological polar surface area (TPSA) is 21.7 Å². The van der Waals surface area contributed by atoms with Gasteiger partial charge in [0.25, 0.3) is 0 Å². The zero-order valence-corrected chi connectivity index (χ0v) is 11.9. The molecule has 3 nitrogen and oxygen atoms in total. The van der Waals surface area contributed by atoms with Gasteiger partial charge in [0, 0.05) is 13.1 Å². The van der Waals surface area contributed by atoms with Crippen molar-refractivity contribution < 1.29 is 9.47 Å². The van der Waals surface area contributed by atoms with E-state index in [4.69, 9.17) is 9.47 Å². The van der Waals surface area contributed by atoms with E-state index in [2.05, 4.69) is 11.8 Å². The summed E-state index contributed by atoms with van der Waals surface area (Å²) in [5.41, 5.74) is 0. The Balaban J connectivity index is 1.48. The standard InChI is InChI=1S/C16H25NO2/c1-15-6-5-9-17(14-15)10-11-18-12-13-19-16-7-3-2-4-8-16/h2-4,7-8,15H,5-6,9-14H2,1H3. The molecule has 1 saturated heterocycles. The molecule has 1 unspecified atom stereocenters. The summed E-state index contributed by atoms with van der Waals surface area (Å²) in [5, 5.41) is 0. The smallest absolute Gasteiger partial charge is 0.119 e.